The smallest absolute Gasteiger partial charge is 0.133 e. The van der Waals surface area contributed by atoms with Crippen LogP contribution in [-0.2, 0) is 0 Å². The van der Waals surface area contributed by atoms with Gasteiger partial charge in [-0.1, -0.05) is 18.9 Å². The number of benzene rings is 1. The summed E-state index contributed by atoms with van der Waals surface area (Å²) in [7, 11) is 1.67. The van der Waals surface area contributed by atoms with Gasteiger partial charge in [0.15, 0.2) is 0 Å². The molecule has 2 rings (SSSR count). The summed E-state index contributed by atoms with van der Waals surface area (Å²) in [5.74, 6) is 1.81. The molecule has 100 valence electrons. The summed E-state index contributed by atoms with van der Waals surface area (Å²) in [5, 5.41) is 3.54. The van der Waals surface area contributed by atoms with Gasteiger partial charge in [0, 0.05) is 12.6 Å². The molecule has 3 N–H and O–H groups in total. The van der Waals surface area contributed by atoms with Crippen LogP contribution in [0.5, 0.6) is 5.75 Å². The van der Waals surface area contributed by atoms with Gasteiger partial charge in [-0.15, -0.1) is 0 Å². The molecule has 0 aromatic heterocycles. The van der Waals surface area contributed by atoms with Crippen LogP contribution in [-0.4, -0.2) is 20.2 Å². The van der Waals surface area contributed by atoms with Gasteiger partial charge in [-0.05, 0) is 52.5 Å². The predicted molar refractivity (Wildman–Crippen MR) is 77.8 cm³/mol. The quantitative estimate of drug-likeness (QED) is 0.814. The Bertz CT molecular complexity index is 393. The van der Waals surface area contributed by atoms with Crippen molar-refractivity contribution in [1.29, 1.82) is 0 Å². The fourth-order valence-electron chi connectivity index (χ4n) is 2.10. The lowest BCUT2D eigenvalue weighted by Crippen LogP contribution is -2.29. The maximum absolute atomic E-state index is 5.85. The molecule has 1 aliphatic carbocycles. The van der Waals surface area contributed by atoms with Gasteiger partial charge in [0.1, 0.15) is 5.75 Å². The number of ether oxygens (including phenoxy) is 1. The summed E-state index contributed by atoms with van der Waals surface area (Å²) in [6.45, 7) is 1.67. The van der Waals surface area contributed by atoms with Crippen LogP contribution >= 0.6 is 15.9 Å². The van der Waals surface area contributed by atoms with Crippen LogP contribution in [0.25, 0.3) is 0 Å². The van der Waals surface area contributed by atoms with E-state index in [9.17, 15) is 0 Å². The second-order valence-corrected chi connectivity index (χ2v) is 5.72. The second-order valence-electron chi connectivity index (χ2n) is 4.87. The van der Waals surface area contributed by atoms with E-state index in [0.29, 0.717) is 6.54 Å². The molecule has 0 saturated heterocycles. The molecule has 1 aromatic carbocycles. The van der Waals surface area contributed by atoms with E-state index in [4.69, 9.17) is 10.5 Å². The fraction of sp³-hybridized carbons (Fsp3) is 0.571. The molecular formula is C14H21BrN2O. The zero-order valence-corrected chi connectivity index (χ0v) is 12.4. The van der Waals surface area contributed by atoms with Crippen molar-refractivity contribution in [3.05, 3.63) is 28.2 Å². The van der Waals surface area contributed by atoms with Gasteiger partial charge in [0.2, 0.25) is 0 Å². The monoisotopic (exact) mass is 312 g/mol. The standard InChI is InChI=1S/C14H21BrN2O/c1-18-14-5-4-11(8-12(14)15)13(9-16)17-7-6-10-2-3-10/h4-5,8,10,13,17H,2-3,6-7,9,16H2,1H3. The molecule has 0 spiro atoms. The number of halogens is 1. The highest BCUT2D eigenvalue weighted by molar-refractivity contribution is 9.10. The van der Waals surface area contributed by atoms with E-state index in [2.05, 4.69) is 33.4 Å². The first-order chi connectivity index (χ1) is 8.74. The lowest BCUT2D eigenvalue weighted by atomic mass is 10.1. The zero-order chi connectivity index (χ0) is 13.0. The van der Waals surface area contributed by atoms with E-state index < -0.39 is 0 Å². The van der Waals surface area contributed by atoms with Gasteiger partial charge >= 0.3 is 0 Å². The fourth-order valence-corrected chi connectivity index (χ4v) is 2.66. The Morgan fingerprint density at radius 3 is 2.83 bits per heavy atom. The number of rotatable bonds is 7. The highest BCUT2D eigenvalue weighted by Crippen LogP contribution is 2.32. The number of nitrogens with one attached hydrogen (secondary N) is 1. The molecule has 0 aliphatic heterocycles. The largest absolute Gasteiger partial charge is 0.496 e. The van der Waals surface area contributed by atoms with Gasteiger partial charge in [0.05, 0.1) is 11.6 Å². The molecule has 4 heteroatoms. The molecule has 1 aliphatic rings. The van der Waals surface area contributed by atoms with E-state index >= 15 is 0 Å². The zero-order valence-electron chi connectivity index (χ0n) is 10.8. The van der Waals surface area contributed by atoms with Crippen LogP contribution in [0.1, 0.15) is 30.9 Å². The summed E-state index contributed by atoms with van der Waals surface area (Å²) in [6.07, 6.45) is 4.08. The lowest BCUT2D eigenvalue weighted by Gasteiger charge is -2.18. The third kappa shape index (κ3) is 3.70. The summed E-state index contributed by atoms with van der Waals surface area (Å²) >= 11 is 3.51. The van der Waals surface area contributed by atoms with E-state index in [-0.39, 0.29) is 6.04 Å². The molecule has 1 fully saturated rings. The van der Waals surface area contributed by atoms with E-state index in [1.54, 1.807) is 7.11 Å². The molecule has 1 unspecified atom stereocenters. The van der Waals surface area contributed by atoms with Crippen molar-refractivity contribution in [2.24, 2.45) is 11.7 Å². The van der Waals surface area contributed by atoms with Crippen molar-refractivity contribution in [3.8, 4) is 5.75 Å². The third-order valence-electron chi connectivity index (χ3n) is 3.45. The maximum Gasteiger partial charge on any atom is 0.133 e. The summed E-state index contributed by atoms with van der Waals surface area (Å²) in [4.78, 5) is 0. The van der Waals surface area contributed by atoms with Crippen LogP contribution in [0.3, 0.4) is 0 Å². The van der Waals surface area contributed by atoms with Gasteiger partial charge in [0.25, 0.3) is 0 Å². The number of hydrogen-bond acceptors (Lipinski definition) is 3. The Morgan fingerprint density at radius 1 is 1.50 bits per heavy atom. The van der Waals surface area contributed by atoms with Crippen molar-refractivity contribution in [2.45, 2.75) is 25.3 Å². The molecular weight excluding hydrogens is 292 g/mol. The SMILES string of the molecule is COc1ccc(C(CN)NCCC2CC2)cc1Br. The van der Waals surface area contributed by atoms with E-state index in [0.717, 1.165) is 22.7 Å². The summed E-state index contributed by atoms with van der Waals surface area (Å²) in [6, 6.07) is 6.36. The van der Waals surface area contributed by atoms with Crippen molar-refractivity contribution in [2.75, 3.05) is 20.2 Å². The highest BCUT2D eigenvalue weighted by Gasteiger charge is 2.21. The van der Waals surface area contributed by atoms with Crippen LogP contribution in [0.15, 0.2) is 22.7 Å². The van der Waals surface area contributed by atoms with Crippen LogP contribution in [0, 0.1) is 5.92 Å². The predicted octanol–water partition coefficient (Wildman–Crippen LogP) is 2.85. The van der Waals surface area contributed by atoms with Crippen LogP contribution in [0.2, 0.25) is 0 Å². The average Bonchev–Trinajstić information content (AvgIpc) is 3.18. The minimum absolute atomic E-state index is 0.228. The van der Waals surface area contributed by atoms with Crippen molar-refractivity contribution in [1.82, 2.24) is 5.32 Å². The first-order valence-electron chi connectivity index (χ1n) is 6.51. The Kier molecular flexibility index (Phi) is 5.03. The molecule has 1 atom stereocenters. The molecule has 3 nitrogen and oxygen atoms in total. The van der Waals surface area contributed by atoms with Crippen molar-refractivity contribution in [3.63, 3.8) is 0 Å². The molecule has 0 heterocycles. The lowest BCUT2D eigenvalue weighted by molar-refractivity contribution is 0.411. The third-order valence-corrected chi connectivity index (χ3v) is 4.07. The molecule has 0 amide bonds. The molecule has 18 heavy (non-hydrogen) atoms. The van der Waals surface area contributed by atoms with Crippen LogP contribution in [0.4, 0.5) is 0 Å². The minimum Gasteiger partial charge on any atom is -0.496 e. The maximum atomic E-state index is 5.85. The van der Waals surface area contributed by atoms with Gasteiger partial charge in [-0.3, -0.25) is 0 Å². The molecule has 1 aromatic rings. The van der Waals surface area contributed by atoms with Crippen LogP contribution < -0.4 is 15.8 Å². The van der Waals surface area contributed by atoms with E-state index in [1.807, 2.05) is 6.07 Å². The Balaban J connectivity index is 1.94. The van der Waals surface area contributed by atoms with Crippen molar-refractivity contribution >= 4 is 15.9 Å². The molecule has 0 radical (unpaired) electrons. The topological polar surface area (TPSA) is 47.3 Å². The highest BCUT2D eigenvalue weighted by atomic mass is 79.9. The first-order valence-corrected chi connectivity index (χ1v) is 7.30. The Morgan fingerprint density at radius 2 is 2.28 bits per heavy atom. The van der Waals surface area contributed by atoms with Gasteiger partial charge < -0.3 is 15.8 Å². The van der Waals surface area contributed by atoms with E-state index in [1.165, 1.54) is 24.8 Å². The van der Waals surface area contributed by atoms with Gasteiger partial charge in [-0.2, -0.15) is 0 Å². The number of nitrogens with two attached hydrogens (primary N) is 1. The van der Waals surface area contributed by atoms with Gasteiger partial charge in [-0.25, -0.2) is 0 Å². The second kappa shape index (κ2) is 6.55. The Labute approximate surface area is 117 Å². The molecule has 0 bridgehead atoms. The first kappa shape index (κ1) is 13.8. The summed E-state index contributed by atoms with van der Waals surface area (Å²) in [5.41, 5.74) is 7.06. The number of hydrogen-bond donors (Lipinski definition) is 2. The minimum atomic E-state index is 0.228. The number of methoxy groups -OCH3 is 1. The molecule has 1 saturated carbocycles. The Hall–Kier alpha value is -0.580. The average molecular weight is 313 g/mol. The summed E-state index contributed by atoms with van der Waals surface area (Å²) < 4.78 is 6.21. The normalized spacial score (nSPS) is 16.6. The van der Waals surface area contributed by atoms with Crippen molar-refractivity contribution < 1.29 is 4.74 Å².